The Morgan fingerprint density at radius 3 is 2.90 bits per heavy atom. The summed E-state index contributed by atoms with van der Waals surface area (Å²) in [6, 6.07) is 1.25. The predicted octanol–water partition coefficient (Wildman–Crippen LogP) is -0.310. The van der Waals surface area contributed by atoms with Crippen LogP contribution in [0.4, 0.5) is 0 Å². The van der Waals surface area contributed by atoms with Crippen LogP contribution in [0.3, 0.4) is 0 Å². The molecule has 0 unspecified atom stereocenters. The van der Waals surface area contributed by atoms with Gasteiger partial charge in [0.25, 0.3) is 5.91 Å². The Balaban J connectivity index is 1.73. The highest BCUT2D eigenvalue weighted by Gasteiger charge is 2.48. The Morgan fingerprint density at radius 2 is 2.20 bits per heavy atom. The van der Waals surface area contributed by atoms with Crippen LogP contribution in [0, 0.1) is 5.41 Å². The second-order valence-electron chi connectivity index (χ2n) is 5.84. The fraction of sp³-hybridized carbons (Fsp3) is 0.538. The van der Waals surface area contributed by atoms with Crippen LogP contribution in [0.5, 0.6) is 5.75 Å². The maximum absolute atomic E-state index is 12.5. The predicted molar refractivity (Wildman–Crippen MR) is 69.0 cm³/mol. The van der Waals surface area contributed by atoms with Crippen LogP contribution >= 0.6 is 0 Å². The van der Waals surface area contributed by atoms with Crippen molar-refractivity contribution in [2.24, 2.45) is 5.41 Å². The molecule has 7 heteroatoms. The Bertz CT molecular complexity index is 650. The molecule has 0 bridgehead atoms. The Hall–Kier alpha value is -2.02. The molecule has 0 aliphatic carbocycles. The van der Waals surface area contributed by atoms with Crippen LogP contribution in [0.2, 0.25) is 0 Å². The maximum Gasteiger partial charge on any atom is 0.278 e. The van der Waals surface area contributed by atoms with Gasteiger partial charge in [0.15, 0.2) is 11.4 Å². The number of aromatic nitrogens is 1. The lowest BCUT2D eigenvalue weighted by atomic mass is 9.75. The minimum Gasteiger partial charge on any atom is -0.502 e. The summed E-state index contributed by atoms with van der Waals surface area (Å²) in [5, 5.41) is 9.82. The van der Waals surface area contributed by atoms with Crippen molar-refractivity contribution < 1.29 is 14.6 Å². The fourth-order valence-corrected chi connectivity index (χ4v) is 3.28. The molecule has 2 saturated heterocycles. The van der Waals surface area contributed by atoms with E-state index in [0.29, 0.717) is 6.54 Å². The molecule has 3 aliphatic rings. The minimum atomic E-state index is -0.536. The van der Waals surface area contributed by atoms with E-state index in [1.165, 1.54) is 16.9 Å². The maximum atomic E-state index is 12.5. The number of piperidine rings is 1. The number of hydrogen-bond acceptors (Lipinski definition) is 5. The van der Waals surface area contributed by atoms with Crippen LogP contribution in [0.15, 0.2) is 17.1 Å². The lowest BCUT2D eigenvalue weighted by Crippen LogP contribution is -2.62. The van der Waals surface area contributed by atoms with Crippen molar-refractivity contribution in [1.82, 2.24) is 9.58 Å². The molecule has 4 heterocycles. The Labute approximate surface area is 114 Å². The van der Waals surface area contributed by atoms with Gasteiger partial charge in [-0.25, -0.2) is 0 Å². The molecular formula is C13H15N3O4. The van der Waals surface area contributed by atoms with Crippen molar-refractivity contribution in [2.75, 3.05) is 25.2 Å². The largest absolute Gasteiger partial charge is 0.502 e. The van der Waals surface area contributed by atoms with E-state index < -0.39 is 11.2 Å². The first-order valence-corrected chi connectivity index (χ1v) is 6.70. The highest BCUT2D eigenvalue weighted by atomic mass is 16.5. The number of carbonyl (C=O) groups is 1. The van der Waals surface area contributed by atoms with Gasteiger partial charge in [-0.3, -0.25) is 14.3 Å². The molecule has 1 spiro atoms. The van der Waals surface area contributed by atoms with Crippen LogP contribution < -0.4 is 10.9 Å². The van der Waals surface area contributed by atoms with E-state index in [9.17, 15) is 14.7 Å². The number of rotatable bonds is 0. The van der Waals surface area contributed by atoms with Gasteiger partial charge in [-0.05, 0) is 12.8 Å². The number of nitrogens with zero attached hydrogens (tertiary/aromatic N) is 2. The van der Waals surface area contributed by atoms with Gasteiger partial charge in [0, 0.05) is 24.2 Å². The SMILES string of the molecule is O=C1c2c(O)c(=O)ccn2N[C@@H]2CC3(CCN12)COC3. The monoisotopic (exact) mass is 277 g/mol. The Morgan fingerprint density at radius 1 is 1.40 bits per heavy atom. The number of ether oxygens (including phenoxy) is 1. The van der Waals surface area contributed by atoms with Crippen molar-refractivity contribution >= 4 is 5.91 Å². The van der Waals surface area contributed by atoms with Gasteiger partial charge in [0.1, 0.15) is 6.17 Å². The summed E-state index contributed by atoms with van der Waals surface area (Å²) in [7, 11) is 0. The average Bonchev–Trinajstić information content (AvgIpc) is 2.41. The summed E-state index contributed by atoms with van der Waals surface area (Å²) >= 11 is 0. The number of hydrogen-bond donors (Lipinski definition) is 2. The van der Waals surface area contributed by atoms with Gasteiger partial charge in [-0.15, -0.1) is 0 Å². The van der Waals surface area contributed by atoms with E-state index in [1.54, 1.807) is 4.90 Å². The Kier molecular flexibility index (Phi) is 2.21. The standard InChI is InChI=1S/C13H15N3O4/c17-8-1-3-16-10(11(8)18)12(19)15-4-2-13(6-20-7-13)5-9(15)14-16/h1,3,9,14,18H,2,4-7H2/t9-/m0/s1. The first-order valence-electron chi connectivity index (χ1n) is 6.70. The first-order chi connectivity index (χ1) is 9.60. The summed E-state index contributed by atoms with van der Waals surface area (Å²) in [4.78, 5) is 25.6. The molecule has 0 aromatic carbocycles. The molecule has 0 radical (unpaired) electrons. The molecule has 3 aliphatic heterocycles. The molecule has 106 valence electrons. The van der Waals surface area contributed by atoms with Crippen molar-refractivity contribution in [2.45, 2.75) is 19.0 Å². The topological polar surface area (TPSA) is 83.8 Å². The average molecular weight is 277 g/mol. The van der Waals surface area contributed by atoms with Crippen LogP contribution in [-0.4, -0.2) is 46.5 Å². The number of fused-ring (bicyclic) bond motifs is 2. The third kappa shape index (κ3) is 1.44. The highest BCUT2D eigenvalue weighted by molar-refractivity contribution is 5.96. The van der Waals surface area contributed by atoms with Crippen LogP contribution in [0.25, 0.3) is 0 Å². The highest BCUT2D eigenvalue weighted by Crippen LogP contribution is 2.42. The second-order valence-corrected chi connectivity index (χ2v) is 5.84. The quantitative estimate of drug-likeness (QED) is 0.679. The zero-order valence-corrected chi connectivity index (χ0v) is 10.8. The van der Waals surface area contributed by atoms with E-state index in [1.807, 2.05) is 0 Å². The third-order valence-electron chi connectivity index (χ3n) is 4.53. The normalized spacial score (nSPS) is 26.5. The van der Waals surface area contributed by atoms with Gasteiger partial charge in [-0.2, -0.15) is 0 Å². The lowest BCUT2D eigenvalue weighted by Gasteiger charge is -2.52. The van der Waals surface area contributed by atoms with Gasteiger partial charge < -0.3 is 20.2 Å². The number of nitrogens with one attached hydrogen (secondary N) is 1. The van der Waals surface area contributed by atoms with E-state index >= 15 is 0 Å². The lowest BCUT2D eigenvalue weighted by molar-refractivity contribution is -0.145. The van der Waals surface area contributed by atoms with Crippen LogP contribution in [-0.2, 0) is 4.74 Å². The number of carbonyl (C=O) groups excluding carboxylic acids is 1. The second kappa shape index (κ2) is 3.76. The molecule has 7 nitrogen and oxygen atoms in total. The first kappa shape index (κ1) is 11.8. The number of amides is 1. The summed E-state index contributed by atoms with van der Waals surface area (Å²) in [6.07, 6.45) is 3.10. The smallest absolute Gasteiger partial charge is 0.278 e. The molecule has 1 aromatic heterocycles. The van der Waals surface area contributed by atoms with E-state index in [0.717, 1.165) is 26.1 Å². The molecule has 20 heavy (non-hydrogen) atoms. The van der Waals surface area contributed by atoms with E-state index in [4.69, 9.17) is 4.74 Å². The molecule has 1 aromatic rings. The number of pyridine rings is 1. The van der Waals surface area contributed by atoms with Gasteiger partial charge >= 0.3 is 0 Å². The molecule has 1 amide bonds. The molecule has 1 atom stereocenters. The van der Waals surface area contributed by atoms with Gasteiger partial charge in [0.05, 0.1) is 13.2 Å². The molecule has 2 fully saturated rings. The number of aromatic hydroxyl groups is 1. The van der Waals surface area contributed by atoms with Gasteiger partial charge in [-0.1, -0.05) is 0 Å². The molecular weight excluding hydrogens is 262 g/mol. The van der Waals surface area contributed by atoms with Crippen LogP contribution in [0.1, 0.15) is 23.3 Å². The minimum absolute atomic E-state index is 0.0227. The molecule has 4 rings (SSSR count). The zero-order valence-electron chi connectivity index (χ0n) is 10.8. The summed E-state index contributed by atoms with van der Waals surface area (Å²) < 4.78 is 6.76. The van der Waals surface area contributed by atoms with E-state index in [2.05, 4.69) is 5.43 Å². The molecule has 0 saturated carbocycles. The van der Waals surface area contributed by atoms with Gasteiger partial charge in [0.2, 0.25) is 5.43 Å². The van der Waals surface area contributed by atoms with Crippen molar-refractivity contribution in [1.29, 1.82) is 0 Å². The molecule has 2 N–H and O–H groups in total. The zero-order chi connectivity index (χ0) is 13.9. The van der Waals surface area contributed by atoms with Crippen molar-refractivity contribution in [3.8, 4) is 5.75 Å². The van der Waals surface area contributed by atoms with Crippen molar-refractivity contribution in [3.05, 3.63) is 28.2 Å². The summed E-state index contributed by atoms with van der Waals surface area (Å²) in [6.45, 7) is 2.10. The third-order valence-corrected chi connectivity index (χ3v) is 4.53. The fourth-order valence-electron chi connectivity index (χ4n) is 3.28. The van der Waals surface area contributed by atoms with Crippen molar-refractivity contribution in [3.63, 3.8) is 0 Å². The van der Waals surface area contributed by atoms with E-state index in [-0.39, 0.29) is 23.2 Å². The summed E-state index contributed by atoms with van der Waals surface area (Å²) in [5.74, 6) is -0.783. The summed E-state index contributed by atoms with van der Waals surface area (Å²) in [5.41, 5.74) is 2.85.